The molecule has 1 aromatic heterocycles. The van der Waals surface area contributed by atoms with Crippen molar-refractivity contribution in [1.82, 2.24) is 10.3 Å². The van der Waals surface area contributed by atoms with Crippen molar-refractivity contribution in [3.8, 4) is 0 Å². The Morgan fingerprint density at radius 3 is 2.67 bits per heavy atom. The highest BCUT2D eigenvalue weighted by atomic mass is 19.2. The molecule has 122 valence electrons. The number of hydrogen-bond acceptors (Lipinski definition) is 3. The lowest BCUT2D eigenvalue weighted by molar-refractivity contribution is 0.0911. The molecule has 0 aliphatic heterocycles. The highest BCUT2D eigenvalue weighted by molar-refractivity contribution is 5.94. The van der Waals surface area contributed by atoms with E-state index in [-0.39, 0.29) is 17.8 Å². The Morgan fingerprint density at radius 2 is 1.88 bits per heavy atom. The number of nitrogens with one attached hydrogen (secondary N) is 1. The number of fused-ring (bicyclic) bond motifs is 1. The number of carbonyl (C=O) groups is 1. The molecule has 0 saturated carbocycles. The van der Waals surface area contributed by atoms with Gasteiger partial charge in [0.15, 0.2) is 11.6 Å². The van der Waals surface area contributed by atoms with Gasteiger partial charge in [-0.25, -0.2) is 13.8 Å². The molecule has 3 aromatic rings. The van der Waals surface area contributed by atoms with E-state index in [9.17, 15) is 18.7 Å². The van der Waals surface area contributed by atoms with Crippen LogP contribution in [0.1, 0.15) is 22.2 Å². The average molecular weight is 328 g/mol. The van der Waals surface area contributed by atoms with Crippen LogP contribution in [0, 0.1) is 11.6 Å². The monoisotopic (exact) mass is 328 g/mol. The number of para-hydroxylation sites is 1. The Labute approximate surface area is 136 Å². The number of aliphatic hydroxyl groups is 1. The van der Waals surface area contributed by atoms with Crippen LogP contribution in [0.2, 0.25) is 0 Å². The molecule has 0 spiro atoms. The van der Waals surface area contributed by atoms with Crippen LogP contribution in [-0.4, -0.2) is 22.5 Å². The summed E-state index contributed by atoms with van der Waals surface area (Å²) in [4.78, 5) is 16.4. The predicted octanol–water partition coefficient (Wildman–Crippen LogP) is 2.98. The molecule has 24 heavy (non-hydrogen) atoms. The van der Waals surface area contributed by atoms with Gasteiger partial charge < -0.3 is 10.4 Å². The minimum Gasteiger partial charge on any atom is -0.387 e. The highest BCUT2D eigenvalue weighted by Gasteiger charge is 2.14. The fraction of sp³-hybridized carbons (Fsp3) is 0.111. The largest absolute Gasteiger partial charge is 0.387 e. The Bertz CT molecular complexity index is 899. The zero-order valence-corrected chi connectivity index (χ0v) is 12.5. The van der Waals surface area contributed by atoms with Crippen molar-refractivity contribution in [3.63, 3.8) is 0 Å². The number of carbonyl (C=O) groups excluding carboxylic acids is 1. The van der Waals surface area contributed by atoms with Crippen LogP contribution >= 0.6 is 0 Å². The van der Waals surface area contributed by atoms with Gasteiger partial charge in [0.1, 0.15) is 5.69 Å². The lowest BCUT2D eigenvalue weighted by atomic mass is 10.1. The molecule has 0 unspecified atom stereocenters. The van der Waals surface area contributed by atoms with E-state index in [1.807, 2.05) is 18.2 Å². The summed E-state index contributed by atoms with van der Waals surface area (Å²) in [5.41, 5.74) is 1.08. The fourth-order valence-electron chi connectivity index (χ4n) is 2.31. The number of hydrogen-bond donors (Lipinski definition) is 2. The maximum atomic E-state index is 13.2. The summed E-state index contributed by atoms with van der Waals surface area (Å²) in [6.45, 7) is -0.140. The summed E-state index contributed by atoms with van der Waals surface area (Å²) >= 11 is 0. The van der Waals surface area contributed by atoms with Crippen LogP contribution in [0.5, 0.6) is 0 Å². The summed E-state index contributed by atoms with van der Waals surface area (Å²) in [6.07, 6.45) is -1.15. The van der Waals surface area contributed by atoms with Crippen molar-refractivity contribution in [2.45, 2.75) is 6.10 Å². The van der Waals surface area contributed by atoms with Crippen LogP contribution < -0.4 is 5.32 Å². The van der Waals surface area contributed by atoms with Gasteiger partial charge in [-0.05, 0) is 29.8 Å². The van der Waals surface area contributed by atoms with Crippen molar-refractivity contribution in [2.24, 2.45) is 0 Å². The zero-order valence-electron chi connectivity index (χ0n) is 12.5. The Morgan fingerprint density at radius 1 is 1.08 bits per heavy atom. The second-order valence-corrected chi connectivity index (χ2v) is 5.29. The molecule has 0 fully saturated rings. The maximum absolute atomic E-state index is 13.2. The minimum atomic E-state index is -1.15. The van der Waals surface area contributed by atoms with E-state index >= 15 is 0 Å². The summed E-state index contributed by atoms with van der Waals surface area (Å²) in [5.74, 6) is -2.49. The third-order valence-electron chi connectivity index (χ3n) is 3.62. The molecule has 4 nitrogen and oxygen atoms in total. The first-order chi connectivity index (χ1) is 11.5. The Hall–Kier alpha value is -2.86. The maximum Gasteiger partial charge on any atom is 0.270 e. The second-order valence-electron chi connectivity index (χ2n) is 5.29. The van der Waals surface area contributed by atoms with Crippen LogP contribution in [-0.2, 0) is 0 Å². The second kappa shape index (κ2) is 6.72. The van der Waals surface area contributed by atoms with Crippen LogP contribution in [0.15, 0.2) is 54.6 Å². The van der Waals surface area contributed by atoms with Crippen molar-refractivity contribution in [3.05, 3.63) is 77.5 Å². The van der Waals surface area contributed by atoms with Gasteiger partial charge in [0.2, 0.25) is 0 Å². The summed E-state index contributed by atoms with van der Waals surface area (Å²) in [6, 6.07) is 13.8. The van der Waals surface area contributed by atoms with E-state index in [4.69, 9.17) is 0 Å². The first kappa shape index (κ1) is 16.0. The highest BCUT2D eigenvalue weighted by Crippen LogP contribution is 2.16. The topological polar surface area (TPSA) is 62.2 Å². The summed E-state index contributed by atoms with van der Waals surface area (Å²) in [7, 11) is 0. The number of amides is 1. The van der Waals surface area contributed by atoms with Crippen molar-refractivity contribution < 1.29 is 18.7 Å². The first-order valence-corrected chi connectivity index (χ1v) is 7.31. The van der Waals surface area contributed by atoms with E-state index < -0.39 is 23.6 Å². The smallest absolute Gasteiger partial charge is 0.270 e. The third kappa shape index (κ3) is 3.38. The lowest BCUT2D eigenvalue weighted by Crippen LogP contribution is -2.29. The van der Waals surface area contributed by atoms with Gasteiger partial charge in [-0.2, -0.15) is 0 Å². The molecule has 0 aliphatic rings. The third-order valence-corrected chi connectivity index (χ3v) is 3.62. The summed E-state index contributed by atoms with van der Waals surface area (Å²) < 4.78 is 26.1. The van der Waals surface area contributed by atoms with Gasteiger partial charge in [0, 0.05) is 11.9 Å². The first-order valence-electron chi connectivity index (χ1n) is 7.31. The fourth-order valence-corrected chi connectivity index (χ4v) is 2.31. The Balaban J connectivity index is 1.68. The van der Waals surface area contributed by atoms with Gasteiger partial charge in [-0.3, -0.25) is 4.79 Å². The number of aromatic nitrogens is 1. The number of halogens is 2. The molecule has 3 rings (SSSR count). The number of nitrogens with zero attached hydrogens (tertiary/aromatic N) is 1. The van der Waals surface area contributed by atoms with E-state index in [0.717, 1.165) is 17.5 Å². The van der Waals surface area contributed by atoms with Gasteiger partial charge in [0.05, 0.1) is 11.6 Å². The molecule has 0 radical (unpaired) electrons. The zero-order chi connectivity index (χ0) is 17.1. The van der Waals surface area contributed by atoms with Gasteiger partial charge in [0.25, 0.3) is 5.91 Å². The van der Waals surface area contributed by atoms with E-state index in [1.165, 1.54) is 6.07 Å². The minimum absolute atomic E-state index is 0.140. The van der Waals surface area contributed by atoms with Crippen LogP contribution in [0.3, 0.4) is 0 Å². The average Bonchev–Trinajstić information content (AvgIpc) is 2.61. The molecular formula is C18H14F2N2O2. The normalized spacial score (nSPS) is 12.1. The SMILES string of the molecule is O=C(NC[C@@H](O)c1ccc(F)c(F)c1)c1ccc2ccccc2n1. The molecule has 2 aromatic carbocycles. The number of pyridine rings is 1. The molecule has 2 N–H and O–H groups in total. The van der Waals surface area contributed by atoms with Crippen molar-refractivity contribution in [1.29, 1.82) is 0 Å². The van der Waals surface area contributed by atoms with Crippen LogP contribution in [0.4, 0.5) is 8.78 Å². The molecule has 0 aliphatic carbocycles. The predicted molar refractivity (Wildman–Crippen MR) is 85.4 cm³/mol. The quantitative estimate of drug-likeness (QED) is 0.774. The molecular weight excluding hydrogens is 314 g/mol. The molecule has 1 heterocycles. The molecule has 6 heteroatoms. The van der Waals surface area contributed by atoms with E-state index in [1.54, 1.807) is 18.2 Å². The number of aliphatic hydroxyl groups excluding tert-OH is 1. The lowest BCUT2D eigenvalue weighted by Gasteiger charge is -2.12. The molecule has 1 atom stereocenters. The molecule has 0 saturated heterocycles. The van der Waals surface area contributed by atoms with Gasteiger partial charge in [-0.1, -0.05) is 30.3 Å². The van der Waals surface area contributed by atoms with E-state index in [2.05, 4.69) is 10.3 Å². The van der Waals surface area contributed by atoms with E-state index in [0.29, 0.717) is 5.52 Å². The van der Waals surface area contributed by atoms with Crippen molar-refractivity contribution >= 4 is 16.8 Å². The van der Waals surface area contributed by atoms with Crippen molar-refractivity contribution in [2.75, 3.05) is 6.54 Å². The molecule has 0 bridgehead atoms. The number of benzene rings is 2. The standard InChI is InChI=1S/C18H14F2N2O2/c19-13-7-5-12(9-14(13)20)17(23)10-21-18(24)16-8-6-11-3-1-2-4-15(11)22-16/h1-9,17,23H,10H2,(H,21,24)/t17-/m1/s1. The number of rotatable bonds is 4. The summed E-state index contributed by atoms with van der Waals surface area (Å²) in [5, 5.41) is 13.4. The van der Waals surface area contributed by atoms with Gasteiger partial charge in [-0.15, -0.1) is 0 Å². The van der Waals surface area contributed by atoms with Gasteiger partial charge >= 0.3 is 0 Å². The molecule has 1 amide bonds. The van der Waals surface area contributed by atoms with Crippen LogP contribution in [0.25, 0.3) is 10.9 Å². The Kier molecular flexibility index (Phi) is 4.48.